The molecule has 3 N–H and O–H groups in total. The molecule has 2 rings (SSSR count). The summed E-state index contributed by atoms with van der Waals surface area (Å²) in [6, 6.07) is 8.14. The molecular formula is C19H23N3O4. The van der Waals surface area contributed by atoms with Crippen molar-refractivity contribution >= 4 is 17.6 Å². The molecule has 138 valence electrons. The Morgan fingerprint density at radius 1 is 1.19 bits per heavy atom. The Balaban J connectivity index is 2.04. The van der Waals surface area contributed by atoms with Gasteiger partial charge < -0.3 is 15.5 Å². The van der Waals surface area contributed by atoms with Crippen LogP contribution in [-0.4, -0.2) is 28.6 Å². The fourth-order valence-electron chi connectivity index (χ4n) is 2.55. The van der Waals surface area contributed by atoms with Gasteiger partial charge in [0.25, 0.3) is 5.91 Å². The number of oxazole rings is 1. The van der Waals surface area contributed by atoms with Crippen LogP contribution in [0.1, 0.15) is 37.8 Å². The number of ketones is 1. The molecule has 0 bridgehead atoms. The molecule has 0 aliphatic heterocycles. The molecule has 1 aromatic carbocycles. The van der Waals surface area contributed by atoms with Gasteiger partial charge >= 0.3 is 0 Å². The average Bonchev–Trinajstić information content (AvgIpc) is 3.03. The number of carbonyl (C=O) groups excluding carboxylic acids is 3. The van der Waals surface area contributed by atoms with Crippen molar-refractivity contribution in [3.05, 3.63) is 53.7 Å². The predicted octanol–water partition coefficient (Wildman–Crippen LogP) is 1.30. The van der Waals surface area contributed by atoms with Crippen molar-refractivity contribution in [3.63, 3.8) is 0 Å². The SMILES string of the molecule is CC(C)(C)c1ocnc1CC(=O)C(=O)N[C@@H](Cc1ccccc1)C(N)=O. The fraction of sp³-hybridized carbons (Fsp3) is 0.368. The number of carbonyl (C=O) groups is 3. The van der Waals surface area contributed by atoms with Crippen LogP contribution in [-0.2, 0) is 32.6 Å². The Morgan fingerprint density at radius 3 is 2.42 bits per heavy atom. The van der Waals surface area contributed by atoms with Crippen LogP contribution in [0.4, 0.5) is 0 Å². The molecule has 2 aromatic rings. The second-order valence-corrected chi connectivity index (χ2v) is 7.10. The monoisotopic (exact) mass is 357 g/mol. The number of nitrogens with one attached hydrogen (secondary N) is 1. The van der Waals surface area contributed by atoms with Crippen molar-refractivity contribution in [3.8, 4) is 0 Å². The van der Waals surface area contributed by atoms with E-state index in [1.54, 1.807) is 0 Å². The van der Waals surface area contributed by atoms with Gasteiger partial charge in [-0.1, -0.05) is 51.1 Å². The molecule has 0 saturated carbocycles. The maximum Gasteiger partial charge on any atom is 0.288 e. The molecule has 0 spiro atoms. The third-order valence-corrected chi connectivity index (χ3v) is 3.84. The van der Waals surface area contributed by atoms with E-state index < -0.39 is 23.6 Å². The van der Waals surface area contributed by atoms with Gasteiger partial charge in [-0.3, -0.25) is 14.4 Å². The van der Waals surface area contributed by atoms with Crippen LogP contribution in [0, 0.1) is 0 Å². The van der Waals surface area contributed by atoms with Gasteiger partial charge in [-0.2, -0.15) is 0 Å². The van der Waals surface area contributed by atoms with Crippen molar-refractivity contribution < 1.29 is 18.8 Å². The first kappa shape index (κ1) is 19.4. The van der Waals surface area contributed by atoms with E-state index in [4.69, 9.17) is 10.2 Å². The third-order valence-electron chi connectivity index (χ3n) is 3.84. The van der Waals surface area contributed by atoms with Gasteiger partial charge in [0.2, 0.25) is 11.7 Å². The van der Waals surface area contributed by atoms with E-state index in [-0.39, 0.29) is 18.3 Å². The van der Waals surface area contributed by atoms with Gasteiger partial charge in [-0.25, -0.2) is 4.98 Å². The molecule has 0 aliphatic rings. The number of nitrogens with zero attached hydrogens (tertiary/aromatic N) is 1. The number of primary amides is 1. The summed E-state index contributed by atoms with van der Waals surface area (Å²) in [4.78, 5) is 40.1. The lowest BCUT2D eigenvalue weighted by atomic mass is 9.90. The Hall–Kier alpha value is -2.96. The number of benzene rings is 1. The number of aromatic nitrogens is 1. The molecule has 0 unspecified atom stereocenters. The summed E-state index contributed by atoms with van der Waals surface area (Å²) in [5.74, 6) is -1.72. The molecule has 7 heteroatoms. The number of Topliss-reactive ketones (excluding diaryl/α,β-unsaturated/α-hetero) is 1. The number of rotatable bonds is 7. The summed E-state index contributed by atoms with van der Waals surface area (Å²) in [6.45, 7) is 5.76. The number of hydrogen-bond donors (Lipinski definition) is 2. The molecule has 2 amide bonds. The summed E-state index contributed by atoms with van der Waals surface area (Å²) in [5.41, 5.74) is 6.26. The first-order chi connectivity index (χ1) is 12.2. The zero-order valence-corrected chi connectivity index (χ0v) is 15.1. The van der Waals surface area contributed by atoms with Gasteiger partial charge in [0.05, 0.1) is 12.1 Å². The minimum Gasteiger partial charge on any atom is -0.448 e. The Kier molecular flexibility index (Phi) is 5.92. The fourth-order valence-corrected chi connectivity index (χ4v) is 2.55. The minimum absolute atomic E-state index is 0.203. The van der Waals surface area contributed by atoms with E-state index in [0.29, 0.717) is 11.5 Å². The highest BCUT2D eigenvalue weighted by Gasteiger charge is 2.28. The van der Waals surface area contributed by atoms with Gasteiger partial charge in [0.15, 0.2) is 6.39 Å². The molecule has 0 fully saturated rings. The Bertz CT molecular complexity index is 791. The molecular weight excluding hydrogens is 334 g/mol. The Morgan fingerprint density at radius 2 is 1.85 bits per heavy atom. The summed E-state index contributed by atoms with van der Waals surface area (Å²) >= 11 is 0. The van der Waals surface area contributed by atoms with Crippen molar-refractivity contribution in [2.75, 3.05) is 0 Å². The van der Waals surface area contributed by atoms with Gasteiger partial charge in [0, 0.05) is 11.8 Å². The van der Waals surface area contributed by atoms with Crippen LogP contribution in [0.2, 0.25) is 0 Å². The predicted molar refractivity (Wildman–Crippen MR) is 95.2 cm³/mol. The Labute approximate surface area is 152 Å². The minimum atomic E-state index is -0.965. The smallest absolute Gasteiger partial charge is 0.288 e. The lowest BCUT2D eigenvalue weighted by Gasteiger charge is -2.17. The summed E-state index contributed by atoms with van der Waals surface area (Å²) < 4.78 is 5.34. The van der Waals surface area contributed by atoms with Crippen LogP contribution in [0.15, 0.2) is 41.1 Å². The first-order valence-corrected chi connectivity index (χ1v) is 8.28. The number of nitrogens with two attached hydrogens (primary N) is 1. The summed E-state index contributed by atoms with van der Waals surface area (Å²) in [5, 5.41) is 2.41. The van der Waals surface area contributed by atoms with Crippen LogP contribution < -0.4 is 11.1 Å². The first-order valence-electron chi connectivity index (χ1n) is 8.28. The van der Waals surface area contributed by atoms with E-state index in [9.17, 15) is 14.4 Å². The van der Waals surface area contributed by atoms with Crippen LogP contribution >= 0.6 is 0 Å². The van der Waals surface area contributed by atoms with Gasteiger partial charge in [-0.05, 0) is 5.56 Å². The van der Waals surface area contributed by atoms with E-state index in [0.717, 1.165) is 5.56 Å². The van der Waals surface area contributed by atoms with E-state index >= 15 is 0 Å². The molecule has 7 nitrogen and oxygen atoms in total. The molecule has 1 atom stereocenters. The maximum absolute atomic E-state index is 12.3. The zero-order chi connectivity index (χ0) is 19.3. The lowest BCUT2D eigenvalue weighted by Crippen LogP contribution is -2.48. The highest BCUT2D eigenvalue weighted by Crippen LogP contribution is 2.25. The number of hydrogen-bond acceptors (Lipinski definition) is 5. The molecule has 1 heterocycles. The standard InChI is InChI=1S/C19H23N3O4/c1-19(2,3)16-13(21-11-26-16)10-15(23)18(25)22-14(17(20)24)9-12-7-5-4-6-8-12/h4-8,11,14H,9-10H2,1-3H3,(H2,20,24)(H,22,25)/t14-/m0/s1. The number of amides is 2. The molecule has 26 heavy (non-hydrogen) atoms. The third kappa shape index (κ3) is 5.02. The van der Waals surface area contributed by atoms with Crippen molar-refractivity contribution in [2.24, 2.45) is 5.73 Å². The van der Waals surface area contributed by atoms with E-state index in [1.165, 1.54) is 6.39 Å². The summed E-state index contributed by atoms with van der Waals surface area (Å²) in [7, 11) is 0. The second kappa shape index (κ2) is 7.95. The largest absolute Gasteiger partial charge is 0.448 e. The molecule has 0 radical (unpaired) electrons. The lowest BCUT2D eigenvalue weighted by molar-refractivity contribution is -0.139. The highest BCUT2D eigenvalue weighted by molar-refractivity contribution is 6.37. The highest BCUT2D eigenvalue weighted by atomic mass is 16.3. The van der Waals surface area contributed by atoms with E-state index in [1.807, 2.05) is 51.1 Å². The average molecular weight is 357 g/mol. The zero-order valence-electron chi connectivity index (χ0n) is 15.1. The van der Waals surface area contributed by atoms with Crippen LogP contribution in [0.25, 0.3) is 0 Å². The summed E-state index contributed by atoms with van der Waals surface area (Å²) in [6.07, 6.45) is 1.26. The van der Waals surface area contributed by atoms with Crippen molar-refractivity contribution in [2.45, 2.75) is 45.1 Å². The topological polar surface area (TPSA) is 115 Å². The molecule has 0 aliphatic carbocycles. The quantitative estimate of drug-likeness (QED) is 0.725. The van der Waals surface area contributed by atoms with Crippen molar-refractivity contribution in [1.82, 2.24) is 10.3 Å². The second-order valence-electron chi connectivity index (χ2n) is 7.10. The van der Waals surface area contributed by atoms with Crippen LogP contribution in [0.5, 0.6) is 0 Å². The molecule has 1 aromatic heterocycles. The van der Waals surface area contributed by atoms with Crippen LogP contribution in [0.3, 0.4) is 0 Å². The van der Waals surface area contributed by atoms with E-state index in [2.05, 4.69) is 10.3 Å². The van der Waals surface area contributed by atoms with Crippen molar-refractivity contribution in [1.29, 1.82) is 0 Å². The normalized spacial score (nSPS) is 12.4. The van der Waals surface area contributed by atoms with Gasteiger partial charge in [-0.15, -0.1) is 0 Å². The maximum atomic E-state index is 12.3. The van der Waals surface area contributed by atoms with Gasteiger partial charge in [0.1, 0.15) is 11.8 Å². The molecule has 0 saturated heterocycles.